The molecular weight excluding hydrogens is 287 g/mol. The quantitative estimate of drug-likeness (QED) is 0.917. The van der Waals surface area contributed by atoms with E-state index in [1.54, 1.807) is 6.92 Å². The minimum atomic E-state index is -0.894. The lowest BCUT2D eigenvalue weighted by Gasteiger charge is -2.04. The molecule has 1 heterocycles. The van der Waals surface area contributed by atoms with E-state index in [2.05, 4.69) is 10.2 Å². The SMILES string of the molecule is CC(CC(=O)O)Cc1nnc(-c2c(F)cccc2Cl)o1. The molecule has 2 aromatic rings. The first-order valence-corrected chi connectivity index (χ1v) is 6.33. The van der Waals surface area contributed by atoms with Crippen LogP contribution in [-0.2, 0) is 11.2 Å². The van der Waals surface area contributed by atoms with Crippen LogP contribution in [0, 0.1) is 11.7 Å². The van der Waals surface area contributed by atoms with Crippen LogP contribution in [0.3, 0.4) is 0 Å². The summed E-state index contributed by atoms with van der Waals surface area (Å²) >= 11 is 5.90. The van der Waals surface area contributed by atoms with Gasteiger partial charge < -0.3 is 9.52 Å². The van der Waals surface area contributed by atoms with Gasteiger partial charge in [0.15, 0.2) is 0 Å². The third-order valence-corrected chi connectivity index (χ3v) is 3.00. The van der Waals surface area contributed by atoms with E-state index >= 15 is 0 Å². The van der Waals surface area contributed by atoms with E-state index in [0.717, 1.165) is 0 Å². The summed E-state index contributed by atoms with van der Waals surface area (Å²) in [5.41, 5.74) is 0.0544. The second-order valence-corrected chi connectivity index (χ2v) is 4.91. The fourth-order valence-corrected chi connectivity index (χ4v) is 2.05. The van der Waals surface area contributed by atoms with Crippen LogP contribution in [0.25, 0.3) is 11.5 Å². The molecule has 0 bridgehead atoms. The van der Waals surface area contributed by atoms with Crippen molar-refractivity contribution in [2.45, 2.75) is 19.8 Å². The van der Waals surface area contributed by atoms with Crippen LogP contribution in [-0.4, -0.2) is 21.3 Å². The molecule has 1 atom stereocenters. The van der Waals surface area contributed by atoms with Gasteiger partial charge in [-0.2, -0.15) is 0 Å². The molecule has 0 fully saturated rings. The molecule has 20 heavy (non-hydrogen) atoms. The van der Waals surface area contributed by atoms with Gasteiger partial charge >= 0.3 is 5.97 Å². The summed E-state index contributed by atoms with van der Waals surface area (Å²) in [6.07, 6.45) is 0.309. The summed E-state index contributed by atoms with van der Waals surface area (Å²) in [5, 5.41) is 16.4. The van der Waals surface area contributed by atoms with Crippen molar-refractivity contribution in [3.8, 4) is 11.5 Å². The largest absolute Gasteiger partial charge is 0.481 e. The third-order valence-electron chi connectivity index (χ3n) is 2.69. The Labute approximate surface area is 119 Å². The molecule has 7 heteroatoms. The van der Waals surface area contributed by atoms with Crippen LogP contribution >= 0.6 is 11.6 Å². The van der Waals surface area contributed by atoms with E-state index in [1.807, 2.05) is 0 Å². The first-order valence-electron chi connectivity index (χ1n) is 5.96. The maximum absolute atomic E-state index is 13.7. The number of benzene rings is 1. The molecule has 0 aliphatic carbocycles. The summed E-state index contributed by atoms with van der Waals surface area (Å²) in [5.74, 6) is -1.35. The van der Waals surface area contributed by atoms with Crippen molar-refractivity contribution in [3.05, 3.63) is 34.9 Å². The van der Waals surface area contributed by atoms with Gasteiger partial charge in [-0.05, 0) is 18.1 Å². The van der Waals surface area contributed by atoms with Crippen molar-refractivity contribution in [1.29, 1.82) is 0 Å². The predicted molar refractivity (Wildman–Crippen MR) is 69.8 cm³/mol. The van der Waals surface area contributed by atoms with E-state index in [-0.39, 0.29) is 34.7 Å². The summed E-state index contributed by atoms with van der Waals surface area (Å²) in [4.78, 5) is 10.6. The highest BCUT2D eigenvalue weighted by molar-refractivity contribution is 6.33. The molecule has 1 unspecified atom stereocenters. The molecule has 0 saturated carbocycles. The molecule has 0 amide bonds. The van der Waals surface area contributed by atoms with Gasteiger partial charge in [0.25, 0.3) is 5.89 Å². The van der Waals surface area contributed by atoms with Crippen molar-refractivity contribution in [1.82, 2.24) is 10.2 Å². The summed E-state index contributed by atoms with van der Waals surface area (Å²) in [7, 11) is 0. The number of hydrogen-bond acceptors (Lipinski definition) is 4. The summed E-state index contributed by atoms with van der Waals surface area (Å²) < 4.78 is 19.0. The second kappa shape index (κ2) is 6.00. The zero-order valence-electron chi connectivity index (χ0n) is 10.6. The number of hydrogen-bond donors (Lipinski definition) is 1. The number of aromatic nitrogens is 2. The molecule has 0 radical (unpaired) electrons. The number of carboxylic acid groups (broad SMARTS) is 1. The molecule has 1 N–H and O–H groups in total. The predicted octanol–water partition coefficient (Wildman–Crippen LogP) is 3.18. The lowest BCUT2D eigenvalue weighted by molar-refractivity contribution is -0.137. The maximum atomic E-state index is 13.7. The van der Waals surface area contributed by atoms with E-state index in [1.165, 1.54) is 18.2 Å². The van der Waals surface area contributed by atoms with E-state index < -0.39 is 11.8 Å². The van der Waals surface area contributed by atoms with Gasteiger partial charge in [-0.25, -0.2) is 4.39 Å². The molecule has 0 aliphatic rings. The van der Waals surface area contributed by atoms with Crippen LogP contribution in [0.1, 0.15) is 19.2 Å². The van der Waals surface area contributed by atoms with Crippen LogP contribution in [0.2, 0.25) is 5.02 Å². The molecular formula is C13H12ClFN2O3. The minimum Gasteiger partial charge on any atom is -0.481 e. The Hall–Kier alpha value is -1.95. The molecule has 1 aromatic carbocycles. The first kappa shape index (κ1) is 14.5. The van der Waals surface area contributed by atoms with Gasteiger partial charge in [-0.1, -0.05) is 24.6 Å². The molecule has 0 saturated heterocycles. The lowest BCUT2D eigenvalue weighted by Crippen LogP contribution is -2.07. The van der Waals surface area contributed by atoms with Crippen molar-refractivity contribution in [2.75, 3.05) is 0 Å². The minimum absolute atomic E-state index is 0.00182. The van der Waals surface area contributed by atoms with Crippen molar-refractivity contribution in [3.63, 3.8) is 0 Å². The number of halogens is 2. The molecule has 1 aromatic heterocycles. The van der Waals surface area contributed by atoms with E-state index in [4.69, 9.17) is 21.1 Å². The van der Waals surface area contributed by atoms with Gasteiger partial charge in [0.2, 0.25) is 5.89 Å². The topological polar surface area (TPSA) is 76.2 Å². The zero-order chi connectivity index (χ0) is 14.7. The van der Waals surface area contributed by atoms with Gasteiger partial charge in [0, 0.05) is 12.8 Å². The standard InChI is InChI=1S/C13H12ClFN2O3/c1-7(6-11(18)19)5-10-16-17-13(20-10)12-8(14)3-2-4-9(12)15/h2-4,7H,5-6H2,1H3,(H,18,19). The second-order valence-electron chi connectivity index (χ2n) is 4.50. The van der Waals surface area contributed by atoms with Gasteiger partial charge in [-0.3, -0.25) is 4.79 Å². The van der Waals surface area contributed by atoms with E-state index in [9.17, 15) is 9.18 Å². The highest BCUT2D eigenvalue weighted by Crippen LogP contribution is 2.29. The zero-order valence-corrected chi connectivity index (χ0v) is 11.4. The van der Waals surface area contributed by atoms with Crippen LogP contribution in [0.15, 0.2) is 22.6 Å². The van der Waals surface area contributed by atoms with Crippen molar-refractivity contribution >= 4 is 17.6 Å². The van der Waals surface area contributed by atoms with Gasteiger partial charge in [0.1, 0.15) is 5.82 Å². The van der Waals surface area contributed by atoms with Crippen molar-refractivity contribution in [2.24, 2.45) is 5.92 Å². The fraction of sp³-hybridized carbons (Fsp3) is 0.308. The normalized spacial score (nSPS) is 12.3. The Bertz CT molecular complexity index is 610. The highest BCUT2D eigenvalue weighted by atomic mass is 35.5. The van der Waals surface area contributed by atoms with Crippen LogP contribution < -0.4 is 0 Å². The molecule has 5 nitrogen and oxygen atoms in total. The first-order chi connectivity index (χ1) is 9.47. The number of nitrogens with zero attached hydrogens (tertiary/aromatic N) is 2. The summed E-state index contributed by atoms with van der Waals surface area (Å²) in [6.45, 7) is 1.76. The highest BCUT2D eigenvalue weighted by Gasteiger charge is 2.18. The smallest absolute Gasteiger partial charge is 0.303 e. The molecule has 0 spiro atoms. The van der Waals surface area contributed by atoms with Crippen LogP contribution in [0.5, 0.6) is 0 Å². The average molecular weight is 299 g/mol. The fourth-order valence-electron chi connectivity index (χ4n) is 1.81. The molecule has 106 valence electrons. The Morgan fingerprint density at radius 3 is 2.90 bits per heavy atom. The van der Waals surface area contributed by atoms with E-state index in [0.29, 0.717) is 6.42 Å². The number of carboxylic acids is 1. The Kier molecular flexibility index (Phi) is 4.34. The summed E-state index contributed by atoms with van der Waals surface area (Å²) in [6, 6.07) is 4.25. The van der Waals surface area contributed by atoms with Gasteiger partial charge in [-0.15, -0.1) is 10.2 Å². The number of aliphatic carboxylic acids is 1. The monoisotopic (exact) mass is 298 g/mol. The molecule has 2 rings (SSSR count). The van der Waals surface area contributed by atoms with Gasteiger partial charge in [0.05, 0.1) is 10.6 Å². The maximum Gasteiger partial charge on any atom is 0.303 e. The average Bonchev–Trinajstić information content (AvgIpc) is 2.75. The van der Waals surface area contributed by atoms with Crippen LogP contribution in [0.4, 0.5) is 4.39 Å². The molecule has 0 aliphatic heterocycles. The Morgan fingerprint density at radius 2 is 2.25 bits per heavy atom. The third kappa shape index (κ3) is 3.33. The lowest BCUT2D eigenvalue weighted by atomic mass is 10.0. The van der Waals surface area contributed by atoms with Crippen molar-refractivity contribution < 1.29 is 18.7 Å². The number of rotatable bonds is 5. The number of carbonyl (C=O) groups is 1. The Balaban J connectivity index is 2.19. The Morgan fingerprint density at radius 1 is 1.50 bits per heavy atom.